The van der Waals surface area contributed by atoms with E-state index >= 15 is 0 Å². The van der Waals surface area contributed by atoms with Crippen LogP contribution in [0.25, 0.3) is 0 Å². The molecule has 89 valence electrons. The van der Waals surface area contributed by atoms with Gasteiger partial charge < -0.3 is 0 Å². The lowest BCUT2D eigenvalue weighted by atomic mass is 9.89. The molecule has 0 heterocycles. The van der Waals surface area contributed by atoms with Gasteiger partial charge in [0, 0.05) is 4.90 Å². The van der Waals surface area contributed by atoms with E-state index < -0.39 is 0 Å². The van der Waals surface area contributed by atoms with Gasteiger partial charge in [0.05, 0.1) is 0 Å². The van der Waals surface area contributed by atoms with Crippen molar-refractivity contribution >= 4 is 12.6 Å². The average Bonchev–Trinajstić information content (AvgIpc) is 2.16. The summed E-state index contributed by atoms with van der Waals surface area (Å²) in [5.74, 6) is 1.61. The van der Waals surface area contributed by atoms with Crippen molar-refractivity contribution in [3.05, 3.63) is 28.8 Å². The average molecular weight is 235 g/mol. The molecular formula is C15H23S. The fourth-order valence-corrected chi connectivity index (χ4v) is 2.48. The van der Waals surface area contributed by atoms with Crippen molar-refractivity contribution in [2.75, 3.05) is 0 Å². The first-order valence-corrected chi connectivity index (χ1v) is 6.60. The molecular weight excluding hydrogens is 212 g/mol. The normalized spacial score (nSPS) is 11.8. The Hall–Kier alpha value is -0.560. The maximum absolute atomic E-state index is 5.59. The SMILES string of the molecule is CC(C)c1cc(C(C)C)c([S])c(C(C)C)c1. The molecule has 0 aliphatic heterocycles. The Labute approximate surface area is 106 Å². The molecule has 0 aliphatic carbocycles. The van der Waals surface area contributed by atoms with Crippen LogP contribution in [0, 0.1) is 0 Å². The van der Waals surface area contributed by atoms with Gasteiger partial charge in [-0.25, -0.2) is 0 Å². The third kappa shape index (κ3) is 2.76. The van der Waals surface area contributed by atoms with E-state index in [9.17, 15) is 0 Å². The standard InChI is InChI=1S/C15H23S/c1-9(2)12-7-13(10(3)4)15(16)14(8-12)11(5)6/h7-11H,1-6H3. The van der Waals surface area contributed by atoms with Crippen LogP contribution in [0.4, 0.5) is 0 Å². The third-order valence-corrected chi connectivity index (χ3v) is 3.55. The van der Waals surface area contributed by atoms with Gasteiger partial charge in [-0.15, -0.1) is 0 Å². The summed E-state index contributed by atoms with van der Waals surface area (Å²) in [6, 6.07) is 4.59. The molecule has 1 aromatic rings. The third-order valence-electron chi connectivity index (χ3n) is 3.08. The van der Waals surface area contributed by atoms with E-state index in [2.05, 4.69) is 53.7 Å². The first-order valence-electron chi connectivity index (χ1n) is 6.19. The first-order chi connectivity index (χ1) is 7.34. The van der Waals surface area contributed by atoms with Crippen LogP contribution in [0.2, 0.25) is 0 Å². The Balaban J connectivity index is 3.39. The predicted molar refractivity (Wildman–Crippen MR) is 74.6 cm³/mol. The molecule has 1 heteroatoms. The summed E-state index contributed by atoms with van der Waals surface area (Å²) in [5.41, 5.74) is 4.09. The first kappa shape index (κ1) is 13.5. The van der Waals surface area contributed by atoms with Gasteiger partial charge >= 0.3 is 0 Å². The van der Waals surface area contributed by atoms with E-state index in [0.717, 1.165) is 4.90 Å². The minimum atomic E-state index is 0.517. The summed E-state index contributed by atoms with van der Waals surface area (Å²) < 4.78 is 0. The van der Waals surface area contributed by atoms with Crippen LogP contribution in [-0.2, 0) is 0 Å². The summed E-state index contributed by atoms with van der Waals surface area (Å²) in [6.07, 6.45) is 0. The van der Waals surface area contributed by atoms with Crippen LogP contribution in [0.3, 0.4) is 0 Å². The number of benzene rings is 1. The maximum Gasteiger partial charge on any atom is 0.0446 e. The fourth-order valence-electron chi connectivity index (χ4n) is 1.89. The summed E-state index contributed by atoms with van der Waals surface area (Å²) >= 11 is 5.59. The summed E-state index contributed by atoms with van der Waals surface area (Å²) in [7, 11) is 0. The Morgan fingerprint density at radius 3 is 1.38 bits per heavy atom. The van der Waals surface area contributed by atoms with Crippen molar-refractivity contribution in [1.29, 1.82) is 0 Å². The quantitative estimate of drug-likeness (QED) is 0.638. The molecule has 0 atom stereocenters. The molecule has 0 saturated heterocycles. The van der Waals surface area contributed by atoms with E-state index in [-0.39, 0.29) is 0 Å². The van der Waals surface area contributed by atoms with Crippen molar-refractivity contribution in [1.82, 2.24) is 0 Å². The summed E-state index contributed by atoms with van der Waals surface area (Å²) in [4.78, 5) is 1.08. The minimum absolute atomic E-state index is 0.517. The molecule has 0 aliphatic rings. The van der Waals surface area contributed by atoms with E-state index in [1.807, 2.05) is 0 Å². The molecule has 0 spiro atoms. The zero-order chi connectivity index (χ0) is 12.5. The van der Waals surface area contributed by atoms with E-state index in [1.54, 1.807) is 0 Å². The molecule has 0 saturated carbocycles. The lowest BCUT2D eigenvalue weighted by molar-refractivity contribution is 0.773. The molecule has 1 radical (unpaired) electrons. The molecule has 0 N–H and O–H groups in total. The highest BCUT2D eigenvalue weighted by molar-refractivity contribution is 7.80. The number of hydrogen-bond acceptors (Lipinski definition) is 0. The maximum atomic E-state index is 5.59. The van der Waals surface area contributed by atoms with Crippen LogP contribution in [0.1, 0.15) is 76.0 Å². The van der Waals surface area contributed by atoms with Gasteiger partial charge in [-0.1, -0.05) is 66.3 Å². The zero-order valence-electron chi connectivity index (χ0n) is 11.3. The second-order valence-electron chi connectivity index (χ2n) is 5.49. The number of hydrogen-bond donors (Lipinski definition) is 0. The molecule has 1 rings (SSSR count). The number of rotatable bonds is 3. The molecule has 0 nitrogen and oxygen atoms in total. The molecule has 0 bridgehead atoms. The molecule has 0 unspecified atom stereocenters. The van der Waals surface area contributed by atoms with E-state index in [0.29, 0.717) is 17.8 Å². The Morgan fingerprint density at radius 1 is 0.750 bits per heavy atom. The monoisotopic (exact) mass is 235 g/mol. The van der Waals surface area contributed by atoms with E-state index in [4.69, 9.17) is 12.6 Å². The lowest BCUT2D eigenvalue weighted by Gasteiger charge is -2.19. The predicted octanol–water partition coefficient (Wildman–Crippen LogP) is 5.61. The summed E-state index contributed by atoms with van der Waals surface area (Å²) in [6.45, 7) is 13.4. The highest BCUT2D eigenvalue weighted by Crippen LogP contribution is 2.33. The van der Waals surface area contributed by atoms with Crippen molar-refractivity contribution in [2.45, 2.75) is 64.2 Å². The van der Waals surface area contributed by atoms with Gasteiger partial charge in [-0.05, 0) is 34.4 Å². The van der Waals surface area contributed by atoms with Gasteiger partial charge in [0.1, 0.15) is 0 Å². The van der Waals surface area contributed by atoms with Crippen molar-refractivity contribution in [3.63, 3.8) is 0 Å². The lowest BCUT2D eigenvalue weighted by Crippen LogP contribution is -2.01. The van der Waals surface area contributed by atoms with E-state index in [1.165, 1.54) is 16.7 Å². The molecule has 0 fully saturated rings. The highest BCUT2D eigenvalue weighted by Gasteiger charge is 2.15. The summed E-state index contributed by atoms with van der Waals surface area (Å²) in [5, 5.41) is 0. The fraction of sp³-hybridized carbons (Fsp3) is 0.600. The molecule has 0 aromatic heterocycles. The van der Waals surface area contributed by atoms with Gasteiger partial charge in [-0.2, -0.15) is 0 Å². The highest BCUT2D eigenvalue weighted by atomic mass is 32.1. The van der Waals surface area contributed by atoms with Crippen LogP contribution >= 0.6 is 12.6 Å². The van der Waals surface area contributed by atoms with Crippen molar-refractivity contribution in [2.24, 2.45) is 0 Å². The van der Waals surface area contributed by atoms with Gasteiger partial charge in [-0.3, -0.25) is 0 Å². The molecule has 16 heavy (non-hydrogen) atoms. The second kappa shape index (κ2) is 5.18. The van der Waals surface area contributed by atoms with Gasteiger partial charge in [0.2, 0.25) is 0 Å². The van der Waals surface area contributed by atoms with Gasteiger partial charge in [0.15, 0.2) is 0 Å². The topological polar surface area (TPSA) is 0 Å². The van der Waals surface area contributed by atoms with Crippen LogP contribution in [0.5, 0.6) is 0 Å². The smallest absolute Gasteiger partial charge is 0.0446 e. The van der Waals surface area contributed by atoms with Crippen molar-refractivity contribution in [3.8, 4) is 0 Å². The Bertz CT molecular complexity index is 333. The molecule has 0 amide bonds. The Morgan fingerprint density at radius 2 is 1.12 bits per heavy atom. The van der Waals surface area contributed by atoms with Crippen molar-refractivity contribution < 1.29 is 0 Å². The van der Waals surface area contributed by atoms with Gasteiger partial charge in [0.25, 0.3) is 0 Å². The second-order valence-corrected chi connectivity index (χ2v) is 5.90. The van der Waals surface area contributed by atoms with Crippen LogP contribution in [-0.4, -0.2) is 0 Å². The Kier molecular flexibility index (Phi) is 4.37. The van der Waals surface area contributed by atoms with Crippen LogP contribution < -0.4 is 0 Å². The van der Waals surface area contributed by atoms with Crippen LogP contribution in [0.15, 0.2) is 17.0 Å². The zero-order valence-corrected chi connectivity index (χ0v) is 12.1. The molecule has 1 aromatic carbocycles. The minimum Gasteiger partial charge on any atom is -0.0795 e. The largest absolute Gasteiger partial charge is 0.0795 e.